The van der Waals surface area contributed by atoms with Crippen LogP contribution in [-0.2, 0) is 28.2 Å². The number of carbonyl (C=O) groups is 1. The Hall–Kier alpha value is -2.80. The first-order valence-electron chi connectivity index (χ1n) is 9.95. The zero-order valence-corrected chi connectivity index (χ0v) is 19.3. The summed E-state index contributed by atoms with van der Waals surface area (Å²) >= 11 is 5.99. The maximum absolute atomic E-state index is 13.1. The van der Waals surface area contributed by atoms with Crippen molar-refractivity contribution < 1.29 is 49.1 Å². The molecule has 1 atom stereocenters. The molecule has 0 aliphatic heterocycles. The zero-order chi connectivity index (χ0) is 27.5. The molecule has 198 valence electrons. The van der Waals surface area contributed by atoms with Gasteiger partial charge in [0.1, 0.15) is 5.69 Å². The smallest absolute Gasteiger partial charge is 0.275 e. The quantitative estimate of drug-likeness (QED) is 0.268. The van der Waals surface area contributed by atoms with Crippen molar-refractivity contribution in [2.24, 2.45) is 0 Å². The third kappa shape index (κ3) is 7.60. The molecular weight excluding hydrogens is 531 g/mol. The summed E-state index contributed by atoms with van der Waals surface area (Å²) in [7, 11) is 2.34. The van der Waals surface area contributed by atoms with Gasteiger partial charge in [-0.3, -0.25) is 14.6 Å². The number of nitrogens with zero attached hydrogens (tertiary/aromatic N) is 2. The second-order valence-electron chi connectivity index (χ2n) is 7.48. The highest BCUT2D eigenvalue weighted by molar-refractivity contribution is 6.31. The molecule has 0 spiro atoms. The lowest BCUT2D eigenvalue weighted by molar-refractivity contribution is -0.170. The van der Waals surface area contributed by atoms with Gasteiger partial charge in [0.25, 0.3) is 5.91 Å². The van der Waals surface area contributed by atoms with E-state index in [0.29, 0.717) is 18.2 Å². The minimum Gasteiger partial charge on any atom is -0.275 e. The van der Waals surface area contributed by atoms with Crippen molar-refractivity contribution in [1.82, 2.24) is 10.0 Å². The molecule has 0 bridgehead atoms. The predicted molar refractivity (Wildman–Crippen MR) is 111 cm³/mol. The van der Waals surface area contributed by atoms with Crippen LogP contribution < -0.4 is 0 Å². The number of benzene rings is 1. The molecule has 2 rings (SSSR count). The summed E-state index contributed by atoms with van der Waals surface area (Å²) < 4.78 is 118. The maximum Gasteiger partial charge on any atom is 0.433 e. The molecule has 14 heteroatoms. The molecule has 0 saturated heterocycles. The number of halogens is 10. The maximum atomic E-state index is 13.1. The standard InChI is InChI=1S/C22H18ClF9N2O2/c1-34(36-2)19(35)15(16-10-18(22(30,31)32)33-11-17(16)23)6-4-3-5-12-7-13(20(24,25)26)9-14(8-12)21(27,28)29/h3,5,7-11,15H,4,6H2,1-2H3/b5-3-. The van der Waals surface area contributed by atoms with Gasteiger partial charge in [0.05, 0.1) is 29.2 Å². The topological polar surface area (TPSA) is 42.4 Å². The summed E-state index contributed by atoms with van der Waals surface area (Å²) in [5.41, 5.74) is -4.95. The number of alkyl halides is 9. The average molecular weight is 549 g/mol. The molecule has 0 radical (unpaired) electrons. The van der Waals surface area contributed by atoms with Gasteiger partial charge in [-0.2, -0.15) is 39.5 Å². The Bertz CT molecular complexity index is 1080. The third-order valence-corrected chi connectivity index (χ3v) is 5.29. The highest BCUT2D eigenvalue weighted by atomic mass is 35.5. The van der Waals surface area contributed by atoms with Crippen LogP contribution in [0.1, 0.15) is 46.7 Å². The Morgan fingerprint density at radius 3 is 2.03 bits per heavy atom. The zero-order valence-electron chi connectivity index (χ0n) is 18.5. The lowest BCUT2D eigenvalue weighted by Gasteiger charge is -2.23. The van der Waals surface area contributed by atoms with E-state index >= 15 is 0 Å². The highest BCUT2D eigenvalue weighted by Gasteiger charge is 2.37. The molecule has 0 N–H and O–H groups in total. The number of likely N-dealkylation sites (N-methyl/N-ethyl adjacent to an activating group) is 1. The molecule has 0 fully saturated rings. The number of hydrogen-bond donors (Lipinski definition) is 0. The average Bonchev–Trinajstić information content (AvgIpc) is 2.76. The van der Waals surface area contributed by atoms with Crippen LogP contribution in [-0.4, -0.2) is 30.1 Å². The first-order chi connectivity index (χ1) is 16.4. The van der Waals surface area contributed by atoms with E-state index in [9.17, 15) is 44.3 Å². The van der Waals surface area contributed by atoms with Crippen molar-refractivity contribution in [3.8, 4) is 0 Å². The fraction of sp³-hybridized carbons (Fsp3) is 0.364. The number of hydroxylamine groups is 2. The van der Waals surface area contributed by atoms with Crippen molar-refractivity contribution in [1.29, 1.82) is 0 Å². The normalized spacial score (nSPS) is 13.8. The lowest BCUT2D eigenvalue weighted by Crippen LogP contribution is -2.31. The van der Waals surface area contributed by atoms with Crippen LogP contribution in [0.5, 0.6) is 0 Å². The van der Waals surface area contributed by atoms with Crippen LogP contribution >= 0.6 is 11.6 Å². The van der Waals surface area contributed by atoms with Gasteiger partial charge in [-0.25, -0.2) is 5.06 Å². The predicted octanol–water partition coefficient (Wildman–Crippen LogP) is 7.39. The van der Waals surface area contributed by atoms with Crippen LogP contribution in [0.3, 0.4) is 0 Å². The molecule has 1 aromatic heterocycles. The van der Waals surface area contributed by atoms with Gasteiger partial charge < -0.3 is 0 Å². The number of allylic oxidation sites excluding steroid dienone is 1. The summed E-state index contributed by atoms with van der Waals surface area (Å²) in [6, 6.07) is 1.61. The number of aromatic nitrogens is 1. The summed E-state index contributed by atoms with van der Waals surface area (Å²) in [6.45, 7) is 0. The number of amides is 1. The van der Waals surface area contributed by atoms with Gasteiger partial charge in [0.2, 0.25) is 0 Å². The van der Waals surface area contributed by atoms with Gasteiger partial charge in [-0.15, -0.1) is 0 Å². The van der Waals surface area contributed by atoms with Crippen LogP contribution in [0.2, 0.25) is 5.02 Å². The molecule has 0 saturated carbocycles. The van der Waals surface area contributed by atoms with E-state index in [-0.39, 0.29) is 29.5 Å². The molecule has 0 aliphatic carbocycles. The van der Waals surface area contributed by atoms with Gasteiger partial charge in [-0.05, 0) is 48.2 Å². The van der Waals surface area contributed by atoms with Crippen LogP contribution in [0.4, 0.5) is 39.5 Å². The van der Waals surface area contributed by atoms with Gasteiger partial charge in [0, 0.05) is 13.2 Å². The molecule has 1 unspecified atom stereocenters. The Morgan fingerprint density at radius 2 is 1.56 bits per heavy atom. The van der Waals surface area contributed by atoms with Crippen molar-refractivity contribution in [3.63, 3.8) is 0 Å². The number of pyridine rings is 1. The fourth-order valence-corrected chi connectivity index (χ4v) is 3.39. The molecule has 1 aromatic carbocycles. The third-order valence-electron chi connectivity index (χ3n) is 4.98. The summed E-state index contributed by atoms with van der Waals surface area (Å²) in [5, 5.41) is 0.503. The molecule has 2 aromatic rings. The van der Waals surface area contributed by atoms with E-state index in [1.54, 1.807) is 0 Å². The van der Waals surface area contributed by atoms with Gasteiger partial charge >= 0.3 is 18.5 Å². The van der Waals surface area contributed by atoms with Crippen LogP contribution in [0, 0.1) is 0 Å². The van der Waals surface area contributed by atoms with E-state index in [1.807, 2.05) is 0 Å². The van der Waals surface area contributed by atoms with E-state index in [1.165, 1.54) is 13.1 Å². The van der Waals surface area contributed by atoms with Crippen molar-refractivity contribution in [2.45, 2.75) is 37.3 Å². The SMILES string of the molecule is CON(C)C(=O)C(CC/C=C\c1cc(C(F)(F)F)cc(C(F)(F)F)c1)c1cc(C(F)(F)F)ncc1Cl. The van der Waals surface area contributed by atoms with Crippen molar-refractivity contribution >= 4 is 23.6 Å². The van der Waals surface area contributed by atoms with Gasteiger partial charge in [0.15, 0.2) is 0 Å². The van der Waals surface area contributed by atoms with E-state index in [4.69, 9.17) is 16.4 Å². The second kappa shape index (κ2) is 11.1. The number of carbonyl (C=O) groups excluding carboxylic acids is 1. The summed E-state index contributed by atoms with van der Waals surface area (Å²) in [6.07, 6.45) is -12.3. The van der Waals surface area contributed by atoms with Crippen molar-refractivity contribution in [2.75, 3.05) is 14.2 Å². The van der Waals surface area contributed by atoms with Crippen LogP contribution in [0.25, 0.3) is 6.08 Å². The van der Waals surface area contributed by atoms with Crippen molar-refractivity contribution in [3.05, 3.63) is 69.5 Å². The van der Waals surface area contributed by atoms with E-state index in [2.05, 4.69) is 4.98 Å². The van der Waals surface area contributed by atoms with E-state index in [0.717, 1.165) is 24.4 Å². The van der Waals surface area contributed by atoms with Gasteiger partial charge in [-0.1, -0.05) is 23.8 Å². The second-order valence-corrected chi connectivity index (χ2v) is 7.89. The first-order valence-corrected chi connectivity index (χ1v) is 10.3. The molecule has 1 heterocycles. The molecule has 1 amide bonds. The minimum atomic E-state index is -5.03. The van der Waals surface area contributed by atoms with E-state index < -0.39 is 52.7 Å². The summed E-state index contributed by atoms with van der Waals surface area (Å²) in [5.74, 6) is -2.08. The minimum absolute atomic E-state index is 0.0176. The Morgan fingerprint density at radius 1 is 1.00 bits per heavy atom. The number of hydrogen-bond acceptors (Lipinski definition) is 3. The monoisotopic (exact) mass is 548 g/mol. The highest BCUT2D eigenvalue weighted by Crippen LogP contribution is 2.37. The Kier molecular flexibility index (Phi) is 9.05. The van der Waals surface area contributed by atoms with Crippen LogP contribution in [0.15, 0.2) is 36.5 Å². The summed E-state index contributed by atoms with van der Waals surface area (Å²) in [4.78, 5) is 20.7. The molecule has 36 heavy (non-hydrogen) atoms. The fourth-order valence-electron chi connectivity index (χ4n) is 3.16. The molecular formula is C22H18ClF9N2O2. The number of rotatable bonds is 7. The first kappa shape index (κ1) is 29.4. The Labute approximate surface area is 204 Å². The lowest BCUT2D eigenvalue weighted by atomic mass is 9.92. The molecule has 0 aliphatic rings. The largest absolute Gasteiger partial charge is 0.433 e. The molecule has 4 nitrogen and oxygen atoms in total. The Balaban J connectivity index is 2.37.